The average molecular weight is 345 g/mol. The van der Waals surface area contributed by atoms with Crippen LogP contribution in [0.1, 0.15) is 32.8 Å². The van der Waals surface area contributed by atoms with Crippen molar-refractivity contribution in [2.45, 2.75) is 19.9 Å². The number of fused-ring (bicyclic) bond motifs is 1. The molecular weight excluding hydrogens is 330 g/mol. The number of carbonyl (C=O) groups is 3. The van der Waals surface area contributed by atoms with Crippen LogP contribution >= 0.6 is 11.3 Å². The molecule has 3 rings (SSSR count). The summed E-state index contributed by atoms with van der Waals surface area (Å²) in [7, 11) is 1.42. The van der Waals surface area contributed by atoms with Gasteiger partial charge >= 0.3 is 4.87 Å². The fourth-order valence-electron chi connectivity index (χ4n) is 2.55. The lowest BCUT2D eigenvalue weighted by molar-refractivity contribution is -0.116. The first kappa shape index (κ1) is 16.1. The Morgan fingerprint density at radius 2 is 1.88 bits per heavy atom. The molecule has 0 spiro atoms. The first-order valence-electron chi connectivity index (χ1n) is 7.29. The number of aromatic nitrogens is 1. The van der Waals surface area contributed by atoms with E-state index >= 15 is 0 Å². The van der Waals surface area contributed by atoms with Gasteiger partial charge in [-0.2, -0.15) is 0 Å². The van der Waals surface area contributed by atoms with Crippen molar-refractivity contribution >= 4 is 34.7 Å². The third-order valence-electron chi connectivity index (χ3n) is 3.91. The molecule has 0 fully saturated rings. The highest BCUT2D eigenvalue weighted by atomic mass is 32.1. The Bertz CT molecular complexity index is 912. The van der Waals surface area contributed by atoms with Crippen LogP contribution < -0.4 is 10.2 Å². The van der Waals surface area contributed by atoms with Crippen LogP contribution in [0.25, 0.3) is 0 Å². The number of thiazole rings is 1. The van der Waals surface area contributed by atoms with E-state index < -0.39 is 0 Å². The lowest BCUT2D eigenvalue weighted by atomic mass is 10.1. The van der Waals surface area contributed by atoms with E-state index in [1.165, 1.54) is 19.2 Å². The monoisotopic (exact) mass is 345 g/mol. The number of hydrogen-bond donors (Lipinski definition) is 1. The number of benzene rings is 1. The van der Waals surface area contributed by atoms with Gasteiger partial charge in [0, 0.05) is 36.8 Å². The molecule has 0 bridgehead atoms. The molecular formula is C16H15N3O4S. The van der Waals surface area contributed by atoms with E-state index in [0.29, 0.717) is 17.8 Å². The minimum atomic E-state index is -0.383. The number of anilines is 1. The summed E-state index contributed by atoms with van der Waals surface area (Å²) >= 11 is 1.10. The molecule has 0 radical (unpaired) electrons. The molecule has 3 amide bonds. The van der Waals surface area contributed by atoms with Crippen LogP contribution in [0.4, 0.5) is 5.69 Å². The van der Waals surface area contributed by atoms with Crippen LogP contribution in [0.2, 0.25) is 0 Å². The van der Waals surface area contributed by atoms with Crippen molar-refractivity contribution in [2.75, 3.05) is 12.4 Å². The van der Waals surface area contributed by atoms with E-state index in [4.69, 9.17) is 0 Å². The lowest BCUT2D eigenvalue weighted by Crippen LogP contribution is -2.24. The molecule has 1 aromatic heterocycles. The fraction of sp³-hybridized carbons (Fsp3) is 0.250. The maximum absolute atomic E-state index is 12.1. The van der Waals surface area contributed by atoms with Crippen molar-refractivity contribution in [3.8, 4) is 0 Å². The maximum Gasteiger partial charge on any atom is 0.307 e. The number of aryl methyl sites for hydroxylation is 1. The summed E-state index contributed by atoms with van der Waals surface area (Å²) in [5, 5.41) is 4.44. The third-order valence-corrected chi connectivity index (χ3v) is 4.79. The van der Waals surface area contributed by atoms with E-state index in [1.807, 2.05) is 6.92 Å². The van der Waals surface area contributed by atoms with E-state index in [9.17, 15) is 19.2 Å². The molecule has 0 saturated carbocycles. The molecule has 0 aliphatic carbocycles. The summed E-state index contributed by atoms with van der Waals surface area (Å²) in [6.07, 6.45) is 0.140. The highest BCUT2D eigenvalue weighted by Gasteiger charge is 2.32. The zero-order chi connectivity index (χ0) is 17.4. The first-order chi connectivity index (χ1) is 11.4. The van der Waals surface area contributed by atoms with Gasteiger partial charge in [0.25, 0.3) is 11.8 Å². The predicted molar refractivity (Wildman–Crippen MR) is 89.4 cm³/mol. The highest BCUT2D eigenvalue weighted by Crippen LogP contribution is 2.24. The Labute approximate surface area is 141 Å². The highest BCUT2D eigenvalue weighted by molar-refractivity contribution is 7.07. The van der Waals surface area contributed by atoms with Crippen LogP contribution in [0.5, 0.6) is 0 Å². The summed E-state index contributed by atoms with van der Waals surface area (Å²) in [6, 6.07) is 4.62. The van der Waals surface area contributed by atoms with E-state index in [-0.39, 0.29) is 34.6 Å². The zero-order valence-electron chi connectivity index (χ0n) is 13.2. The molecule has 24 heavy (non-hydrogen) atoms. The SMILES string of the molecule is Cc1csc(=O)n1CCC(=O)Nc1ccc2c(c1)C(=O)N(C)C2=O. The summed E-state index contributed by atoms with van der Waals surface area (Å²) < 4.78 is 1.55. The smallest absolute Gasteiger partial charge is 0.307 e. The Balaban J connectivity index is 1.69. The maximum atomic E-state index is 12.1. The van der Waals surface area contributed by atoms with Gasteiger partial charge in [0.1, 0.15) is 0 Å². The number of rotatable bonds is 4. The van der Waals surface area contributed by atoms with Crippen molar-refractivity contribution in [3.63, 3.8) is 0 Å². The normalized spacial score (nSPS) is 13.3. The van der Waals surface area contributed by atoms with Gasteiger partial charge in [0.2, 0.25) is 5.91 Å². The molecule has 124 valence electrons. The Kier molecular flexibility index (Phi) is 4.06. The predicted octanol–water partition coefficient (Wildman–Crippen LogP) is 1.47. The summed E-state index contributed by atoms with van der Waals surface area (Å²) in [6.45, 7) is 2.11. The van der Waals surface area contributed by atoms with Crippen molar-refractivity contribution in [1.82, 2.24) is 9.47 Å². The largest absolute Gasteiger partial charge is 0.326 e. The van der Waals surface area contributed by atoms with Gasteiger partial charge in [-0.15, -0.1) is 0 Å². The quantitative estimate of drug-likeness (QED) is 0.850. The van der Waals surface area contributed by atoms with E-state index in [0.717, 1.165) is 21.9 Å². The topological polar surface area (TPSA) is 88.5 Å². The fourth-order valence-corrected chi connectivity index (χ4v) is 3.31. The Morgan fingerprint density at radius 3 is 2.54 bits per heavy atom. The lowest BCUT2D eigenvalue weighted by Gasteiger charge is -2.07. The van der Waals surface area contributed by atoms with Crippen LogP contribution in [-0.4, -0.2) is 34.2 Å². The molecule has 1 N–H and O–H groups in total. The van der Waals surface area contributed by atoms with Crippen LogP contribution in [0.3, 0.4) is 0 Å². The molecule has 1 aliphatic rings. The molecule has 2 heterocycles. The van der Waals surface area contributed by atoms with Gasteiger partial charge in [0.15, 0.2) is 0 Å². The van der Waals surface area contributed by atoms with E-state index in [2.05, 4.69) is 5.32 Å². The molecule has 2 aromatic rings. The first-order valence-corrected chi connectivity index (χ1v) is 8.17. The molecule has 0 unspecified atom stereocenters. The van der Waals surface area contributed by atoms with Crippen LogP contribution in [0.15, 0.2) is 28.4 Å². The minimum absolute atomic E-state index is 0.0926. The van der Waals surface area contributed by atoms with E-state index in [1.54, 1.807) is 16.0 Å². The van der Waals surface area contributed by atoms with Gasteiger partial charge in [0.05, 0.1) is 11.1 Å². The molecule has 7 nitrogen and oxygen atoms in total. The second-order valence-electron chi connectivity index (χ2n) is 5.52. The van der Waals surface area contributed by atoms with Crippen molar-refractivity contribution < 1.29 is 14.4 Å². The Morgan fingerprint density at radius 1 is 1.17 bits per heavy atom. The van der Waals surface area contributed by atoms with Gasteiger partial charge < -0.3 is 9.88 Å². The Hall–Kier alpha value is -2.74. The molecule has 1 aromatic carbocycles. The molecule has 1 aliphatic heterocycles. The summed E-state index contributed by atoms with van der Waals surface area (Å²) in [4.78, 5) is 48.4. The summed E-state index contributed by atoms with van der Waals surface area (Å²) in [5.74, 6) is -0.996. The minimum Gasteiger partial charge on any atom is -0.326 e. The molecule has 0 atom stereocenters. The number of amides is 3. The van der Waals surface area contributed by atoms with Crippen LogP contribution in [-0.2, 0) is 11.3 Å². The second kappa shape index (κ2) is 6.04. The number of nitrogens with zero attached hydrogens (tertiary/aromatic N) is 2. The van der Waals surface area contributed by atoms with Crippen molar-refractivity contribution in [3.05, 3.63) is 50.1 Å². The standard InChI is InChI=1S/C16H15N3O4S/c1-9-8-24-16(23)19(9)6-5-13(20)17-10-3-4-11-12(7-10)15(22)18(2)14(11)21/h3-4,7-8H,5-6H2,1-2H3,(H,17,20). The summed E-state index contributed by atoms with van der Waals surface area (Å²) in [5.41, 5.74) is 1.89. The van der Waals surface area contributed by atoms with Crippen LogP contribution in [0, 0.1) is 6.92 Å². The van der Waals surface area contributed by atoms with Gasteiger partial charge in [-0.1, -0.05) is 11.3 Å². The van der Waals surface area contributed by atoms with Gasteiger partial charge in [-0.05, 0) is 25.1 Å². The zero-order valence-corrected chi connectivity index (χ0v) is 14.0. The van der Waals surface area contributed by atoms with Gasteiger partial charge in [-0.25, -0.2) is 0 Å². The number of hydrogen-bond acceptors (Lipinski definition) is 5. The van der Waals surface area contributed by atoms with Crippen molar-refractivity contribution in [1.29, 1.82) is 0 Å². The number of imide groups is 1. The molecule has 8 heteroatoms. The third kappa shape index (κ3) is 2.76. The van der Waals surface area contributed by atoms with Gasteiger partial charge in [-0.3, -0.25) is 24.1 Å². The van der Waals surface area contributed by atoms with Crippen molar-refractivity contribution in [2.24, 2.45) is 0 Å². The number of nitrogens with one attached hydrogen (secondary N) is 1. The number of carbonyl (C=O) groups excluding carboxylic acids is 3. The second-order valence-corrected chi connectivity index (χ2v) is 6.34. The average Bonchev–Trinajstić information content (AvgIpc) is 2.98. The molecule has 0 saturated heterocycles.